The molecule has 0 aromatic rings. The van der Waals surface area contributed by atoms with Gasteiger partial charge in [-0.25, -0.2) is 0 Å². The van der Waals surface area contributed by atoms with Crippen molar-refractivity contribution in [3.63, 3.8) is 0 Å². The Morgan fingerprint density at radius 2 is 2.23 bits per heavy atom. The van der Waals surface area contributed by atoms with Gasteiger partial charge in [-0.3, -0.25) is 0 Å². The van der Waals surface area contributed by atoms with Crippen LogP contribution in [-0.4, -0.2) is 69.0 Å². The molecule has 2 N–H and O–H groups in total. The fraction of sp³-hybridized carbons (Fsp3) is 1.00. The van der Waals surface area contributed by atoms with E-state index in [9.17, 15) is 5.21 Å². The van der Waals surface area contributed by atoms with Gasteiger partial charge >= 0.3 is 29.6 Å². The molecule has 0 aromatic carbocycles. The van der Waals surface area contributed by atoms with E-state index in [1.54, 1.807) is 0 Å². The second kappa shape index (κ2) is 6.42. The minimum atomic E-state index is -0.202. The second-order valence-corrected chi connectivity index (χ2v) is 2.84. The van der Waals surface area contributed by atoms with Crippen LogP contribution in [0.2, 0.25) is 0 Å². The van der Waals surface area contributed by atoms with E-state index in [1.807, 2.05) is 0 Å². The van der Waals surface area contributed by atoms with Crippen LogP contribution >= 0.6 is 0 Å². The van der Waals surface area contributed by atoms with Gasteiger partial charge in [0.25, 0.3) is 0 Å². The normalized spacial score (nSPS) is 23.9. The van der Waals surface area contributed by atoms with Crippen LogP contribution in [0.15, 0.2) is 5.28 Å². The molecule has 6 nitrogen and oxygen atoms in total. The number of rotatable bonds is 2. The molecule has 0 bridgehead atoms. The average Bonchev–Trinajstić information content (AvgIpc) is 2.16. The largest absolute Gasteiger partial charge is 0.569 e. The van der Waals surface area contributed by atoms with Crippen molar-refractivity contribution >= 4 is 29.6 Å². The first-order chi connectivity index (χ1) is 5.79. The molecule has 0 radical (unpaired) electrons. The van der Waals surface area contributed by atoms with Crippen molar-refractivity contribution in [1.82, 2.24) is 5.01 Å². The first-order valence-electron chi connectivity index (χ1n) is 3.99. The van der Waals surface area contributed by atoms with Gasteiger partial charge in [-0.1, -0.05) is 0 Å². The second-order valence-electron chi connectivity index (χ2n) is 2.84. The zero-order valence-electron chi connectivity index (χ0n) is 6.76. The van der Waals surface area contributed by atoms with Gasteiger partial charge in [0.05, 0.1) is 18.1 Å². The van der Waals surface area contributed by atoms with E-state index < -0.39 is 0 Å². The molecule has 0 spiro atoms. The topological polar surface area (TPSA) is 82.1 Å². The van der Waals surface area contributed by atoms with Crippen molar-refractivity contribution in [2.45, 2.75) is 25.3 Å². The van der Waals surface area contributed by atoms with E-state index in [2.05, 4.69) is 5.28 Å². The molecule has 0 saturated carbocycles. The van der Waals surface area contributed by atoms with Crippen LogP contribution in [0.5, 0.6) is 0 Å². The Balaban J connectivity index is 0.00000144. The molecule has 1 aliphatic rings. The van der Waals surface area contributed by atoms with E-state index in [4.69, 9.17) is 10.3 Å². The first kappa shape index (κ1) is 13.0. The predicted molar refractivity (Wildman–Crippen MR) is 46.4 cm³/mol. The maximum absolute atomic E-state index is 10.9. The number of aliphatic hydroxyl groups is 1. The van der Waals surface area contributed by atoms with Gasteiger partial charge in [-0.15, -0.1) is 5.01 Å². The minimum absolute atomic E-state index is 0. The van der Waals surface area contributed by atoms with E-state index in [0.29, 0.717) is 6.54 Å². The van der Waals surface area contributed by atoms with Crippen LogP contribution in [0.25, 0.3) is 0 Å². The Labute approximate surface area is 98.6 Å². The summed E-state index contributed by atoms with van der Waals surface area (Å²) in [4.78, 5) is 0.139. The van der Waals surface area contributed by atoms with Crippen molar-refractivity contribution < 1.29 is 15.3 Å². The molecule has 0 amide bonds. The number of hydrogen-bond acceptors (Lipinski definition) is 3. The summed E-state index contributed by atoms with van der Waals surface area (Å²) in [5.74, 6) is 0. The summed E-state index contributed by atoms with van der Waals surface area (Å²) < 4.78 is 0. The Hall–Kier alpha value is -0.0400. The molecule has 1 heterocycles. The van der Waals surface area contributed by atoms with Crippen molar-refractivity contribution in [2.75, 3.05) is 13.2 Å². The molecule has 1 saturated heterocycles. The molecule has 0 aromatic heterocycles. The molecule has 1 atom stereocenters. The summed E-state index contributed by atoms with van der Waals surface area (Å²) in [5.41, 5.74) is 0. The molecule has 1 aliphatic heterocycles. The average molecular weight is 199 g/mol. The summed E-state index contributed by atoms with van der Waals surface area (Å²) in [6.45, 7) is 0.465. The third kappa shape index (κ3) is 3.30. The summed E-state index contributed by atoms with van der Waals surface area (Å²) in [5, 5.41) is 31.8. The Bertz CT molecular complexity index is 179. The molecule has 1 rings (SSSR count). The van der Waals surface area contributed by atoms with Crippen molar-refractivity contribution in [2.24, 2.45) is 5.28 Å². The van der Waals surface area contributed by atoms with E-state index in [1.165, 1.54) is 5.01 Å². The molecule has 7 heteroatoms. The SMILES string of the molecule is [NaH].[O-][N+](=NO)N1CCCCC1CO. The van der Waals surface area contributed by atoms with Crippen molar-refractivity contribution in [3.8, 4) is 0 Å². The molecule has 13 heavy (non-hydrogen) atoms. The van der Waals surface area contributed by atoms with Crippen LogP contribution < -0.4 is 0 Å². The number of hydrogen-bond donors (Lipinski definition) is 2. The van der Waals surface area contributed by atoms with Gasteiger partial charge in [0.1, 0.15) is 6.04 Å². The van der Waals surface area contributed by atoms with Crippen molar-refractivity contribution in [3.05, 3.63) is 5.21 Å². The molecule has 72 valence electrons. The number of aliphatic hydroxyl groups excluding tert-OH is 1. The Kier molecular flexibility index (Phi) is 6.40. The maximum Gasteiger partial charge on any atom is 0.230 e. The van der Waals surface area contributed by atoms with Gasteiger partial charge < -0.3 is 15.5 Å². The predicted octanol–water partition coefficient (Wildman–Crippen LogP) is -0.549. The van der Waals surface area contributed by atoms with E-state index >= 15 is 0 Å². The number of nitrogens with zero attached hydrogens (tertiary/aromatic N) is 3. The Morgan fingerprint density at radius 1 is 1.54 bits per heavy atom. The Morgan fingerprint density at radius 3 is 2.77 bits per heavy atom. The third-order valence-electron chi connectivity index (χ3n) is 2.10. The molecule has 1 unspecified atom stereocenters. The van der Waals surface area contributed by atoms with Gasteiger partial charge in [-0.2, -0.15) is 0 Å². The number of hydrazine groups is 1. The van der Waals surface area contributed by atoms with Crippen molar-refractivity contribution in [1.29, 1.82) is 0 Å². The molecular formula is C6H14N3NaO3. The van der Waals surface area contributed by atoms with E-state index in [0.717, 1.165) is 19.3 Å². The standard InChI is InChI=1S/C6H13N3O3.Na.H/c10-5-6-3-1-2-4-8(6)9(12)7-11;;/h6,10-11H,1-5H2;;. The van der Waals surface area contributed by atoms with Gasteiger partial charge in [0.15, 0.2) is 0 Å². The minimum Gasteiger partial charge on any atom is -0.569 e. The van der Waals surface area contributed by atoms with Gasteiger partial charge in [0, 0.05) is 0 Å². The van der Waals surface area contributed by atoms with Crippen LogP contribution in [0.1, 0.15) is 19.3 Å². The van der Waals surface area contributed by atoms with Gasteiger partial charge in [0.2, 0.25) is 5.28 Å². The third-order valence-corrected chi connectivity index (χ3v) is 2.10. The van der Waals surface area contributed by atoms with Crippen LogP contribution in [0.4, 0.5) is 0 Å². The molecule has 0 aliphatic carbocycles. The molecular weight excluding hydrogens is 185 g/mol. The van der Waals surface area contributed by atoms with Crippen LogP contribution in [-0.2, 0) is 0 Å². The zero-order chi connectivity index (χ0) is 8.97. The zero-order valence-corrected chi connectivity index (χ0v) is 6.76. The maximum atomic E-state index is 10.9. The first-order valence-corrected chi connectivity index (χ1v) is 3.99. The van der Waals surface area contributed by atoms with Gasteiger partial charge in [-0.05, 0) is 19.3 Å². The summed E-state index contributed by atoms with van der Waals surface area (Å²) in [6, 6.07) is -0.202. The quantitative estimate of drug-likeness (QED) is 0.270. The fourth-order valence-corrected chi connectivity index (χ4v) is 1.45. The van der Waals surface area contributed by atoms with Crippen LogP contribution in [0.3, 0.4) is 0 Å². The fourth-order valence-electron chi connectivity index (χ4n) is 1.45. The van der Waals surface area contributed by atoms with E-state index in [-0.39, 0.29) is 47.2 Å². The molecule has 1 fully saturated rings. The summed E-state index contributed by atoms with van der Waals surface area (Å²) in [6.07, 6.45) is 2.66. The summed E-state index contributed by atoms with van der Waals surface area (Å²) in [7, 11) is 0. The van der Waals surface area contributed by atoms with Crippen LogP contribution in [0, 0.1) is 5.21 Å². The smallest absolute Gasteiger partial charge is 0.230 e. The monoisotopic (exact) mass is 199 g/mol. The summed E-state index contributed by atoms with van der Waals surface area (Å²) >= 11 is 0. The number of piperidine rings is 1.